The number of nitrogens with zero attached hydrogens (tertiary/aromatic N) is 5. The number of hydrogen-bond acceptors (Lipinski definition) is 5. The minimum Gasteiger partial charge on any atom is -0.419 e. The zero-order valence-electron chi connectivity index (χ0n) is 16.8. The van der Waals surface area contributed by atoms with Gasteiger partial charge in [-0.15, -0.1) is 10.2 Å². The fourth-order valence-electron chi connectivity index (χ4n) is 3.93. The lowest BCUT2D eigenvalue weighted by molar-refractivity contribution is 0.0680. The van der Waals surface area contributed by atoms with Gasteiger partial charge in [0.25, 0.3) is 11.8 Å². The van der Waals surface area contributed by atoms with Gasteiger partial charge in [0, 0.05) is 36.6 Å². The topological polar surface area (TPSA) is 77.1 Å². The van der Waals surface area contributed by atoms with Gasteiger partial charge in [-0.3, -0.25) is 4.79 Å². The Morgan fingerprint density at radius 2 is 2.14 bits per heavy atom. The van der Waals surface area contributed by atoms with Crippen LogP contribution in [-0.4, -0.2) is 43.6 Å². The molecule has 1 aliphatic carbocycles. The van der Waals surface area contributed by atoms with Crippen molar-refractivity contribution in [2.75, 3.05) is 7.05 Å². The number of rotatable bonds is 4. The van der Waals surface area contributed by atoms with Crippen LogP contribution in [0.2, 0.25) is 5.02 Å². The predicted molar refractivity (Wildman–Crippen MR) is 110 cm³/mol. The van der Waals surface area contributed by atoms with Gasteiger partial charge < -0.3 is 13.9 Å². The first-order valence-corrected chi connectivity index (χ1v) is 10.2. The first-order chi connectivity index (χ1) is 13.9. The number of benzene rings is 1. The van der Waals surface area contributed by atoms with Crippen molar-refractivity contribution in [1.29, 1.82) is 0 Å². The van der Waals surface area contributed by atoms with Crippen molar-refractivity contribution in [2.45, 2.75) is 44.6 Å². The summed E-state index contributed by atoms with van der Waals surface area (Å²) in [6.07, 6.45) is 5.48. The Kier molecular flexibility index (Phi) is 5.41. The molecule has 1 amide bonds. The zero-order chi connectivity index (χ0) is 20.5. The monoisotopic (exact) mass is 413 g/mol. The third-order valence-electron chi connectivity index (χ3n) is 5.82. The average molecular weight is 414 g/mol. The maximum absolute atomic E-state index is 12.9. The van der Waals surface area contributed by atoms with Crippen LogP contribution in [0.1, 0.15) is 53.7 Å². The molecule has 4 rings (SSSR count). The first-order valence-electron chi connectivity index (χ1n) is 9.79. The fourth-order valence-corrected chi connectivity index (χ4v) is 4.13. The van der Waals surface area contributed by atoms with Crippen LogP contribution in [0, 0.1) is 6.92 Å². The van der Waals surface area contributed by atoms with E-state index in [2.05, 4.69) is 15.2 Å². The van der Waals surface area contributed by atoms with Crippen molar-refractivity contribution in [3.8, 4) is 11.6 Å². The van der Waals surface area contributed by atoms with E-state index in [4.69, 9.17) is 16.0 Å². The Morgan fingerprint density at radius 1 is 1.31 bits per heavy atom. The molecule has 0 spiro atoms. The molecule has 1 aromatic carbocycles. The summed E-state index contributed by atoms with van der Waals surface area (Å²) in [5, 5.41) is 9.09. The highest BCUT2D eigenvalue weighted by atomic mass is 35.5. The third kappa shape index (κ3) is 3.92. The lowest BCUT2D eigenvalue weighted by Crippen LogP contribution is -2.39. The summed E-state index contributed by atoms with van der Waals surface area (Å²) in [5.74, 6) is 2.12. The van der Waals surface area contributed by atoms with E-state index in [1.807, 2.05) is 30.5 Å². The minimum atomic E-state index is -0.0188. The van der Waals surface area contributed by atoms with E-state index in [9.17, 15) is 4.79 Å². The molecule has 2 aromatic heterocycles. The first kappa shape index (κ1) is 19.6. The Hall–Kier alpha value is -2.67. The van der Waals surface area contributed by atoms with Crippen LogP contribution in [0.15, 0.2) is 34.9 Å². The molecule has 3 aromatic rings. The normalized spacial score (nSPS) is 19.3. The molecule has 152 valence electrons. The molecule has 8 heteroatoms. The number of carbonyl (C=O) groups is 1. The number of amides is 1. The molecule has 2 atom stereocenters. The van der Waals surface area contributed by atoms with Gasteiger partial charge in [-0.2, -0.15) is 0 Å². The summed E-state index contributed by atoms with van der Waals surface area (Å²) >= 11 is 6.04. The fraction of sp³-hybridized carbons (Fsp3) is 0.429. The average Bonchev–Trinajstić information content (AvgIpc) is 3.34. The van der Waals surface area contributed by atoms with Gasteiger partial charge in [0.15, 0.2) is 0 Å². The summed E-state index contributed by atoms with van der Waals surface area (Å²) in [7, 11) is 3.78. The second-order valence-electron chi connectivity index (χ2n) is 7.64. The van der Waals surface area contributed by atoms with Crippen molar-refractivity contribution in [3.63, 3.8) is 0 Å². The highest BCUT2D eigenvalue weighted by Gasteiger charge is 2.31. The molecule has 0 unspecified atom stereocenters. The van der Waals surface area contributed by atoms with Gasteiger partial charge in [-0.25, -0.2) is 4.98 Å². The lowest BCUT2D eigenvalue weighted by atomic mass is 9.85. The molecular formula is C21H24ClN5O2. The molecule has 0 N–H and O–H groups in total. The van der Waals surface area contributed by atoms with E-state index in [-0.39, 0.29) is 17.9 Å². The Morgan fingerprint density at radius 3 is 2.86 bits per heavy atom. The largest absolute Gasteiger partial charge is 0.419 e. The van der Waals surface area contributed by atoms with E-state index >= 15 is 0 Å². The Labute approximate surface area is 174 Å². The summed E-state index contributed by atoms with van der Waals surface area (Å²) in [4.78, 5) is 19.0. The van der Waals surface area contributed by atoms with E-state index in [0.29, 0.717) is 22.4 Å². The number of aromatic nitrogens is 4. The Bertz CT molecular complexity index is 1030. The minimum absolute atomic E-state index is 0.0188. The molecule has 2 heterocycles. The van der Waals surface area contributed by atoms with Crippen LogP contribution >= 0.6 is 11.6 Å². The van der Waals surface area contributed by atoms with Crippen LogP contribution in [0.25, 0.3) is 11.6 Å². The molecule has 1 aliphatic rings. The van der Waals surface area contributed by atoms with Gasteiger partial charge in [0.2, 0.25) is 5.89 Å². The highest BCUT2D eigenvalue weighted by Crippen LogP contribution is 2.35. The number of halogens is 1. The maximum atomic E-state index is 12.9. The highest BCUT2D eigenvalue weighted by molar-refractivity contribution is 6.30. The molecule has 29 heavy (non-hydrogen) atoms. The molecule has 0 bridgehead atoms. The van der Waals surface area contributed by atoms with Gasteiger partial charge in [-0.1, -0.05) is 24.1 Å². The molecule has 0 saturated heterocycles. The second kappa shape index (κ2) is 7.99. The zero-order valence-corrected chi connectivity index (χ0v) is 17.6. The number of imidazole rings is 1. The Balaban J connectivity index is 1.48. The van der Waals surface area contributed by atoms with Gasteiger partial charge in [0.1, 0.15) is 11.5 Å². The van der Waals surface area contributed by atoms with Crippen LogP contribution in [-0.2, 0) is 7.05 Å². The molecule has 1 saturated carbocycles. The van der Waals surface area contributed by atoms with Crippen molar-refractivity contribution < 1.29 is 9.21 Å². The predicted octanol–water partition coefficient (Wildman–Crippen LogP) is 4.23. The maximum Gasteiger partial charge on any atom is 0.265 e. The van der Waals surface area contributed by atoms with Crippen molar-refractivity contribution in [1.82, 2.24) is 24.6 Å². The van der Waals surface area contributed by atoms with Gasteiger partial charge >= 0.3 is 0 Å². The summed E-state index contributed by atoms with van der Waals surface area (Å²) in [6, 6.07) is 7.19. The van der Waals surface area contributed by atoms with Crippen LogP contribution in [0.3, 0.4) is 0 Å². The molecule has 7 nitrogen and oxygen atoms in total. The van der Waals surface area contributed by atoms with Crippen molar-refractivity contribution >= 4 is 17.5 Å². The quantitative estimate of drug-likeness (QED) is 0.639. The smallest absolute Gasteiger partial charge is 0.265 e. The number of hydrogen-bond donors (Lipinski definition) is 0. The summed E-state index contributed by atoms with van der Waals surface area (Å²) in [5.41, 5.74) is 1.41. The van der Waals surface area contributed by atoms with Crippen LogP contribution < -0.4 is 0 Å². The standard InChI is InChI=1S/C21H24ClN5O2/c1-13-23-12-18(26(13)2)20-25-24-19(29-20)14-6-5-9-17(11-14)27(3)21(28)15-7-4-8-16(22)10-15/h4,7-8,10,12,14,17H,5-6,9,11H2,1-3H3/t14-,17+/m0/s1. The van der Waals surface area contributed by atoms with Crippen LogP contribution in [0.4, 0.5) is 0 Å². The number of carbonyl (C=O) groups excluding carboxylic acids is 1. The van der Waals surface area contributed by atoms with E-state index in [1.54, 1.807) is 30.5 Å². The summed E-state index contributed by atoms with van der Waals surface area (Å²) < 4.78 is 7.92. The SMILES string of the molecule is Cc1ncc(-c2nnc([C@H]3CCC[C@@H](N(C)C(=O)c4cccc(Cl)c4)C3)o2)n1C. The van der Waals surface area contributed by atoms with E-state index in [1.165, 1.54) is 0 Å². The van der Waals surface area contributed by atoms with E-state index in [0.717, 1.165) is 37.2 Å². The summed E-state index contributed by atoms with van der Waals surface area (Å²) in [6.45, 7) is 1.93. The molecular weight excluding hydrogens is 390 g/mol. The third-order valence-corrected chi connectivity index (χ3v) is 6.05. The molecule has 0 radical (unpaired) electrons. The number of aryl methyl sites for hydroxylation is 1. The van der Waals surface area contributed by atoms with Gasteiger partial charge in [0.05, 0.1) is 6.20 Å². The molecule has 1 fully saturated rings. The molecule has 0 aliphatic heterocycles. The second-order valence-corrected chi connectivity index (χ2v) is 8.08. The van der Waals surface area contributed by atoms with Crippen LogP contribution in [0.5, 0.6) is 0 Å². The van der Waals surface area contributed by atoms with Crippen molar-refractivity contribution in [2.24, 2.45) is 7.05 Å². The van der Waals surface area contributed by atoms with E-state index < -0.39 is 0 Å². The van der Waals surface area contributed by atoms with Crippen molar-refractivity contribution in [3.05, 3.63) is 52.8 Å². The van der Waals surface area contributed by atoms with Gasteiger partial charge in [-0.05, 0) is 44.4 Å². The lowest BCUT2D eigenvalue weighted by Gasteiger charge is -2.34.